The third-order valence-electron chi connectivity index (χ3n) is 2.33. The molecule has 2 nitrogen and oxygen atoms in total. The summed E-state index contributed by atoms with van der Waals surface area (Å²) in [6, 6.07) is 4.89. The summed E-state index contributed by atoms with van der Waals surface area (Å²) in [6.07, 6.45) is 0. The van der Waals surface area contributed by atoms with E-state index in [0.29, 0.717) is 21.8 Å². The van der Waals surface area contributed by atoms with E-state index in [1.807, 2.05) is 0 Å². The normalized spacial score (nSPS) is 10.5. The molecule has 0 amide bonds. The van der Waals surface area contributed by atoms with E-state index < -0.39 is 0 Å². The summed E-state index contributed by atoms with van der Waals surface area (Å²) < 4.78 is 13.4. The molecule has 0 aliphatic heterocycles. The summed E-state index contributed by atoms with van der Waals surface area (Å²) in [6.45, 7) is 1.70. The fraction of sp³-hybridized carbons (Fsp3) is 0.167. The monoisotopic (exact) mass is 269 g/mol. The number of carbonyl (C=O) groups is 1. The molecule has 0 spiro atoms. The second kappa shape index (κ2) is 4.94. The number of aromatic nitrogens is 1. The van der Waals surface area contributed by atoms with Crippen molar-refractivity contribution in [3.8, 4) is 10.6 Å². The third kappa shape index (κ3) is 2.53. The van der Waals surface area contributed by atoms with Gasteiger partial charge in [-0.05, 0) is 18.6 Å². The van der Waals surface area contributed by atoms with Gasteiger partial charge in [0.2, 0.25) is 0 Å². The van der Waals surface area contributed by atoms with Gasteiger partial charge in [-0.25, -0.2) is 9.37 Å². The maximum atomic E-state index is 13.4. The Bertz CT molecular complexity index is 567. The van der Waals surface area contributed by atoms with Crippen LogP contribution in [0.4, 0.5) is 4.39 Å². The summed E-state index contributed by atoms with van der Waals surface area (Å²) >= 11 is 6.75. The SMILES string of the molecule is Cc1ccc(-c2nc(C(=O)CCl)cs2)cc1F. The fourth-order valence-electron chi connectivity index (χ4n) is 1.33. The topological polar surface area (TPSA) is 30.0 Å². The molecule has 17 heavy (non-hydrogen) atoms. The van der Waals surface area contributed by atoms with Crippen LogP contribution in [-0.2, 0) is 0 Å². The lowest BCUT2D eigenvalue weighted by molar-refractivity contribution is 0.101. The maximum absolute atomic E-state index is 13.4. The van der Waals surface area contributed by atoms with Crippen molar-refractivity contribution in [2.45, 2.75) is 6.92 Å². The van der Waals surface area contributed by atoms with Crippen molar-refractivity contribution in [1.29, 1.82) is 0 Å². The number of Topliss-reactive ketones (excluding diaryl/α,β-unsaturated/α-hetero) is 1. The molecule has 0 bridgehead atoms. The average molecular weight is 270 g/mol. The van der Waals surface area contributed by atoms with Gasteiger partial charge in [-0.15, -0.1) is 22.9 Å². The van der Waals surface area contributed by atoms with E-state index >= 15 is 0 Å². The minimum atomic E-state index is -0.275. The summed E-state index contributed by atoms with van der Waals surface area (Å²) in [5.41, 5.74) is 1.59. The predicted octanol–water partition coefficient (Wildman–Crippen LogP) is 3.68. The zero-order valence-electron chi connectivity index (χ0n) is 9.04. The maximum Gasteiger partial charge on any atom is 0.196 e. The molecule has 0 N–H and O–H groups in total. The molecule has 0 radical (unpaired) electrons. The van der Waals surface area contributed by atoms with Crippen molar-refractivity contribution >= 4 is 28.7 Å². The number of carbonyl (C=O) groups excluding carboxylic acids is 1. The molecule has 1 heterocycles. The van der Waals surface area contributed by atoms with Gasteiger partial charge in [-0.3, -0.25) is 4.79 Å². The highest BCUT2D eigenvalue weighted by Gasteiger charge is 2.11. The van der Waals surface area contributed by atoms with Crippen LogP contribution in [0.1, 0.15) is 16.1 Å². The van der Waals surface area contributed by atoms with Crippen molar-refractivity contribution in [2.24, 2.45) is 0 Å². The van der Waals surface area contributed by atoms with Gasteiger partial charge in [0.05, 0.1) is 5.88 Å². The Morgan fingerprint density at radius 1 is 1.53 bits per heavy atom. The molecule has 0 fully saturated rings. The van der Waals surface area contributed by atoms with E-state index in [0.717, 1.165) is 0 Å². The molecular formula is C12H9ClFNOS. The predicted molar refractivity (Wildman–Crippen MR) is 67.3 cm³/mol. The number of aryl methyl sites for hydroxylation is 1. The molecule has 2 aromatic rings. The highest BCUT2D eigenvalue weighted by Crippen LogP contribution is 2.25. The van der Waals surface area contributed by atoms with E-state index in [2.05, 4.69) is 4.98 Å². The first-order chi connectivity index (χ1) is 8.11. The number of thiazole rings is 1. The molecule has 1 aromatic heterocycles. The number of rotatable bonds is 3. The second-order valence-corrected chi connectivity index (χ2v) is 4.68. The van der Waals surface area contributed by atoms with Crippen LogP contribution >= 0.6 is 22.9 Å². The lowest BCUT2D eigenvalue weighted by Crippen LogP contribution is -2.00. The van der Waals surface area contributed by atoms with Crippen molar-refractivity contribution in [2.75, 3.05) is 5.88 Å². The van der Waals surface area contributed by atoms with E-state index in [9.17, 15) is 9.18 Å². The highest BCUT2D eigenvalue weighted by molar-refractivity contribution is 7.13. The Kier molecular flexibility index (Phi) is 3.54. The standard InChI is InChI=1S/C12H9ClFNOS/c1-7-2-3-8(4-9(7)14)12-15-10(6-17-12)11(16)5-13/h2-4,6H,5H2,1H3. The second-order valence-electron chi connectivity index (χ2n) is 3.56. The van der Waals surface area contributed by atoms with Crippen LogP contribution in [0.25, 0.3) is 10.6 Å². The number of benzene rings is 1. The van der Waals surface area contributed by atoms with Crippen LogP contribution in [0.5, 0.6) is 0 Å². The van der Waals surface area contributed by atoms with E-state index in [1.54, 1.807) is 24.4 Å². The van der Waals surface area contributed by atoms with Gasteiger partial charge in [-0.1, -0.05) is 12.1 Å². The first-order valence-electron chi connectivity index (χ1n) is 4.93. The van der Waals surface area contributed by atoms with Gasteiger partial charge in [0.1, 0.15) is 16.5 Å². The quantitative estimate of drug-likeness (QED) is 0.628. The molecule has 0 aliphatic rings. The molecule has 2 rings (SSSR count). The van der Waals surface area contributed by atoms with Crippen LogP contribution in [0.2, 0.25) is 0 Å². The van der Waals surface area contributed by atoms with Gasteiger partial charge < -0.3 is 0 Å². The Morgan fingerprint density at radius 2 is 2.29 bits per heavy atom. The van der Waals surface area contributed by atoms with Crippen LogP contribution in [0, 0.1) is 12.7 Å². The van der Waals surface area contributed by atoms with Crippen molar-refractivity contribution in [3.63, 3.8) is 0 Å². The Morgan fingerprint density at radius 3 is 2.94 bits per heavy atom. The van der Waals surface area contributed by atoms with Crippen molar-refractivity contribution in [3.05, 3.63) is 40.7 Å². The summed E-state index contributed by atoms with van der Waals surface area (Å²) in [4.78, 5) is 15.5. The van der Waals surface area contributed by atoms with Crippen LogP contribution in [0.15, 0.2) is 23.6 Å². The zero-order chi connectivity index (χ0) is 12.4. The lowest BCUT2D eigenvalue weighted by Gasteiger charge is -1.99. The molecule has 0 unspecified atom stereocenters. The number of nitrogens with zero attached hydrogens (tertiary/aromatic N) is 1. The van der Waals surface area contributed by atoms with Gasteiger partial charge in [0.25, 0.3) is 0 Å². The molecule has 0 saturated carbocycles. The number of hydrogen-bond acceptors (Lipinski definition) is 3. The minimum Gasteiger partial charge on any atom is -0.291 e. The fourth-order valence-corrected chi connectivity index (χ4v) is 2.29. The summed E-state index contributed by atoms with van der Waals surface area (Å²) in [7, 11) is 0. The zero-order valence-corrected chi connectivity index (χ0v) is 10.6. The average Bonchev–Trinajstić information content (AvgIpc) is 2.81. The molecule has 88 valence electrons. The number of halogens is 2. The largest absolute Gasteiger partial charge is 0.291 e. The third-order valence-corrected chi connectivity index (χ3v) is 3.46. The number of hydrogen-bond donors (Lipinski definition) is 0. The highest BCUT2D eigenvalue weighted by atomic mass is 35.5. The first-order valence-corrected chi connectivity index (χ1v) is 6.34. The van der Waals surface area contributed by atoms with Gasteiger partial charge >= 0.3 is 0 Å². The first kappa shape index (κ1) is 12.2. The summed E-state index contributed by atoms with van der Waals surface area (Å²) in [5, 5.41) is 2.26. The van der Waals surface area contributed by atoms with Gasteiger partial charge in [0.15, 0.2) is 5.78 Å². The number of ketones is 1. The van der Waals surface area contributed by atoms with E-state index in [-0.39, 0.29) is 17.5 Å². The molecule has 1 aromatic carbocycles. The molecular weight excluding hydrogens is 261 g/mol. The van der Waals surface area contributed by atoms with Gasteiger partial charge in [-0.2, -0.15) is 0 Å². The molecule has 0 atom stereocenters. The van der Waals surface area contributed by atoms with Crippen molar-refractivity contribution < 1.29 is 9.18 Å². The lowest BCUT2D eigenvalue weighted by atomic mass is 10.1. The Labute approximate surface area is 107 Å². The molecule has 5 heteroatoms. The van der Waals surface area contributed by atoms with Crippen molar-refractivity contribution in [1.82, 2.24) is 4.98 Å². The van der Waals surface area contributed by atoms with E-state index in [4.69, 9.17) is 11.6 Å². The van der Waals surface area contributed by atoms with Crippen LogP contribution < -0.4 is 0 Å². The van der Waals surface area contributed by atoms with E-state index in [1.165, 1.54) is 17.4 Å². The molecule has 0 aliphatic carbocycles. The Hall–Kier alpha value is -1.26. The molecule has 0 saturated heterocycles. The smallest absolute Gasteiger partial charge is 0.196 e. The Balaban J connectivity index is 2.37. The van der Waals surface area contributed by atoms with Crippen LogP contribution in [0.3, 0.4) is 0 Å². The summed E-state index contributed by atoms with van der Waals surface area (Å²) in [5.74, 6) is -0.588. The van der Waals surface area contributed by atoms with Gasteiger partial charge in [0, 0.05) is 10.9 Å². The minimum absolute atomic E-state index is 0.0918. The van der Waals surface area contributed by atoms with Crippen LogP contribution in [-0.4, -0.2) is 16.6 Å². The number of alkyl halides is 1.